The van der Waals surface area contributed by atoms with Crippen molar-refractivity contribution in [2.24, 2.45) is 5.92 Å². The summed E-state index contributed by atoms with van der Waals surface area (Å²) in [7, 11) is 0. The maximum Gasteiger partial charge on any atom is 0.232 e. The molecular formula is C23H28N4O2S2. The lowest BCUT2D eigenvalue weighted by Gasteiger charge is -2.29. The number of hydrogen-bond acceptors (Lipinski definition) is 7. The molecule has 8 heteroatoms. The van der Waals surface area contributed by atoms with Crippen LogP contribution in [-0.4, -0.2) is 40.5 Å². The molecule has 0 saturated carbocycles. The normalized spacial score (nSPS) is 15.2. The van der Waals surface area contributed by atoms with Gasteiger partial charge in [-0.2, -0.15) is 0 Å². The molecule has 6 nitrogen and oxygen atoms in total. The van der Waals surface area contributed by atoms with Crippen LogP contribution < -0.4 is 10.1 Å². The van der Waals surface area contributed by atoms with E-state index >= 15 is 0 Å². The molecule has 1 aromatic carbocycles. The summed E-state index contributed by atoms with van der Waals surface area (Å²) in [5, 5.41) is 8.41. The van der Waals surface area contributed by atoms with Crippen LogP contribution in [-0.2, 0) is 17.8 Å². The summed E-state index contributed by atoms with van der Waals surface area (Å²) in [6.07, 6.45) is 2.73. The molecule has 31 heavy (non-hydrogen) atoms. The number of hydrogen-bond donors (Lipinski definition) is 1. The van der Waals surface area contributed by atoms with Crippen molar-refractivity contribution in [2.75, 3.05) is 25.0 Å². The third kappa shape index (κ3) is 5.90. The average Bonchev–Trinajstić information content (AvgIpc) is 3.40. The number of carbonyl (C=O) groups is 1. The van der Waals surface area contributed by atoms with E-state index in [2.05, 4.69) is 27.1 Å². The van der Waals surface area contributed by atoms with E-state index in [-0.39, 0.29) is 12.3 Å². The van der Waals surface area contributed by atoms with Gasteiger partial charge in [0.25, 0.3) is 0 Å². The highest BCUT2D eigenvalue weighted by atomic mass is 32.1. The monoisotopic (exact) mass is 456 g/mol. The van der Waals surface area contributed by atoms with Crippen molar-refractivity contribution in [3.63, 3.8) is 0 Å². The predicted molar refractivity (Wildman–Crippen MR) is 127 cm³/mol. The van der Waals surface area contributed by atoms with E-state index in [1.807, 2.05) is 41.9 Å². The second kappa shape index (κ2) is 10.3. The van der Waals surface area contributed by atoms with Crippen LogP contribution >= 0.6 is 22.7 Å². The van der Waals surface area contributed by atoms with E-state index in [0.717, 1.165) is 53.3 Å². The Hall–Kier alpha value is -2.29. The van der Waals surface area contributed by atoms with Crippen molar-refractivity contribution in [1.82, 2.24) is 14.9 Å². The van der Waals surface area contributed by atoms with Gasteiger partial charge in [0.1, 0.15) is 10.8 Å². The molecule has 1 amide bonds. The van der Waals surface area contributed by atoms with Crippen LogP contribution in [0.4, 0.5) is 5.13 Å². The Morgan fingerprint density at radius 3 is 2.74 bits per heavy atom. The van der Waals surface area contributed by atoms with E-state index in [1.165, 1.54) is 35.5 Å². The molecular weight excluding hydrogens is 428 g/mol. The van der Waals surface area contributed by atoms with E-state index < -0.39 is 0 Å². The second-order valence-electron chi connectivity index (χ2n) is 7.90. The Kier molecular flexibility index (Phi) is 7.32. The first-order valence-electron chi connectivity index (χ1n) is 10.7. The number of nitrogens with one attached hydrogen (secondary N) is 1. The van der Waals surface area contributed by atoms with Gasteiger partial charge in [0.2, 0.25) is 5.91 Å². The molecule has 0 bridgehead atoms. The van der Waals surface area contributed by atoms with E-state index in [9.17, 15) is 4.79 Å². The Labute approximate surface area is 191 Å². The standard InChI is InChI=1S/C23H28N4O2S2/c1-3-29-20-7-5-4-6-19(20)22-24-17(14-30-22)12-21(28)26-23-25-18(15-31-23)13-27-10-8-16(2)9-11-27/h4-7,14-16H,3,8-13H2,1-2H3,(H,25,26,28). The Balaban J connectivity index is 1.32. The summed E-state index contributed by atoms with van der Waals surface area (Å²) < 4.78 is 5.70. The van der Waals surface area contributed by atoms with Gasteiger partial charge < -0.3 is 10.1 Å². The highest BCUT2D eigenvalue weighted by Crippen LogP contribution is 2.32. The minimum atomic E-state index is -0.0948. The number of anilines is 1. The van der Waals surface area contributed by atoms with Crippen LogP contribution in [0.5, 0.6) is 5.75 Å². The van der Waals surface area contributed by atoms with E-state index in [4.69, 9.17) is 4.74 Å². The van der Waals surface area contributed by atoms with Crippen LogP contribution in [0.1, 0.15) is 38.1 Å². The van der Waals surface area contributed by atoms with Crippen molar-refractivity contribution in [1.29, 1.82) is 0 Å². The fraction of sp³-hybridized carbons (Fsp3) is 0.435. The molecule has 164 valence electrons. The van der Waals surface area contributed by atoms with Gasteiger partial charge in [-0.15, -0.1) is 22.7 Å². The zero-order valence-electron chi connectivity index (χ0n) is 18.0. The van der Waals surface area contributed by atoms with Gasteiger partial charge in [0.05, 0.1) is 30.0 Å². The minimum absolute atomic E-state index is 0.0948. The number of likely N-dealkylation sites (tertiary alicyclic amines) is 1. The van der Waals surface area contributed by atoms with Gasteiger partial charge in [0, 0.05) is 17.3 Å². The number of ether oxygens (including phenoxy) is 1. The third-order valence-electron chi connectivity index (χ3n) is 5.37. The minimum Gasteiger partial charge on any atom is -0.493 e. The highest BCUT2D eigenvalue weighted by molar-refractivity contribution is 7.14. The first-order valence-corrected chi connectivity index (χ1v) is 12.5. The molecule has 1 fully saturated rings. The summed E-state index contributed by atoms with van der Waals surface area (Å²) in [6, 6.07) is 7.85. The van der Waals surface area contributed by atoms with Crippen molar-refractivity contribution >= 4 is 33.7 Å². The highest BCUT2D eigenvalue weighted by Gasteiger charge is 2.17. The number of rotatable bonds is 8. The second-order valence-corrected chi connectivity index (χ2v) is 9.62. The molecule has 1 saturated heterocycles. The summed E-state index contributed by atoms with van der Waals surface area (Å²) in [5.41, 5.74) is 2.74. The predicted octanol–water partition coefficient (Wildman–Crippen LogP) is 5.08. The lowest BCUT2D eigenvalue weighted by Crippen LogP contribution is -2.32. The number of aromatic nitrogens is 2. The van der Waals surface area contributed by atoms with E-state index in [1.54, 1.807) is 0 Å². The van der Waals surface area contributed by atoms with Crippen LogP contribution in [0, 0.1) is 5.92 Å². The zero-order valence-corrected chi connectivity index (χ0v) is 19.6. The average molecular weight is 457 g/mol. The van der Waals surface area contributed by atoms with Crippen LogP contribution in [0.25, 0.3) is 10.6 Å². The number of para-hydroxylation sites is 1. The lowest BCUT2D eigenvalue weighted by atomic mass is 9.99. The Morgan fingerprint density at radius 1 is 1.16 bits per heavy atom. The fourth-order valence-corrected chi connectivity index (χ4v) is 5.22. The molecule has 0 aliphatic carbocycles. The summed E-state index contributed by atoms with van der Waals surface area (Å²) >= 11 is 3.01. The number of benzene rings is 1. The third-order valence-corrected chi connectivity index (χ3v) is 7.10. The Morgan fingerprint density at radius 2 is 1.94 bits per heavy atom. The smallest absolute Gasteiger partial charge is 0.232 e. The number of carbonyl (C=O) groups excluding carboxylic acids is 1. The van der Waals surface area contributed by atoms with Crippen LogP contribution in [0.2, 0.25) is 0 Å². The first-order chi connectivity index (χ1) is 15.1. The van der Waals surface area contributed by atoms with Gasteiger partial charge in [0.15, 0.2) is 5.13 Å². The SMILES string of the molecule is CCOc1ccccc1-c1nc(CC(=O)Nc2nc(CN3CCC(C)CC3)cs2)cs1. The number of nitrogens with zero attached hydrogens (tertiary/aromatic N) is 3. The summed E-state index contributed by atoms with van der Waals surface area (Å²) in [5.74, 6) is 1.54. The van der Waals surface area contributed by atoms with Crippen molar-refractivity contribution in [2.45, 2.75) is 39.7 Å². The molecule has 3 aromatic rings. The number of amides is 1. The van der Waals surface area contributed by atoms with Gasteiger partial charge in [-0.1, -0.05) is 19.1 Å². The van der Waals surface area contributed by atoms with Crippen molar-refractivity contribution in [3.05, 3.63) is 46.4 Å². The molecule has 2 aromatic heterocycles. The molecule has 4 rings (SSSR count). The molecule has 0 spiro atoms. The van der Waals surface area contributed by atoms with Gasteiger partial charge in [-0.25, -0.2) is 9.97 Å². The molecule has 3 heterocycles. The largest absolute Gasteiger partial charge is 0.493 e. The maximum atomic E-state index is 12.5. The van der Waals surface area contributed by atoms with Gasteiger partial charge in [-0.05, 0) is 50.9 Å². The molecule has 0 unspecified atom stereocenters. The zero-order chi connectivity index (χ0) is 21.6. The van der Waals surface area contributed by atoms with Gasteiger partial charge >= 0.3 is 0 Å². The van der Waals surface area contributed by atoms with Crippen molar-refractivity contribution in [3.8, 4) is 16.3 Å². The van der Waals surface area contributed by atoms with Crippen LogP contribution in [0.3, 0.4) is 0 Å². The molecule has 1 aliphatic heterocycles. The molecule has 1 aliphatic rings. The van der Waals surface area contributed by atoms with Crippen molar-refractivity contribution < 1.29 is 9.53 Å². The lowest BCUT2D eigenvalue weighted by molar-refractivity contribution is -0.115. The van der Waals surface area contributed by atoms with Gasteiger partial charge in [-0.3, -0.25) is 9.69 Å². The quantitative estimate of drug-likeness (QED) is 0.512. The van der Waals surface area contributed by atoms with Crippen LogP contribution in [0.15, 0.2) is 35.0 Å². The summed E-state index contributed by atoms with van der Waals surface area (Å²) in [4.78, 5) is 24.2. The molecule has 0 atom stereocenters. The maximum absolute atomic E-state index is 12.5. The topological polar surface area (TPSA) is 67.3 Å². The van der Waals surface area contributed by atoms with E-state index in [0.29, 0.717) is 11.7 Å². The Bertz CT molecular complexity index is 1010. The summed E-state index contributed by atoms with van der Waals surface area (Å²) in [6.45, 7) is 7.98. The fourth-order valence-electron chi connectivity index (χ4n) is 3.65. The first kappa shape index (κ1) is 21.9. The number of thiazole rings is 2. The molecule has 1 N–H and O–H groups in total. The number of piperidine rings is 1. The molecule has 0 radical (unpaired) electrons.